The van der Waals surface area contributed by atoms with Gasteiger partial charge in [-0.15, -0.1) is 0 Å². The molecule has 1 aliphatic heterocycles. The van der Waals surface area contributed by atoms with Gasteiger partial charge in [-0.25, -0.2) is 5.43 Å². The summed E-state index contributed by atoms with van der Waals surface area (Å²) in [6, 6.07) is 14.7. The van der Waals surface area contributed by atoms with Gasteiger partial charge in [0.15, 0.2) is 0 Å². The first-order chi connectivity index (χ1) is 13.0. The van der Waals surface area contributed by atoms with Crippen LogP contribution in [0.2, 0.25) is 5.02 Å². The van der Waals surface area contributed by atoms with Crippen LogP contribution in [0.1, 0.15) is 23.5 Å². The van der Waals surface area contributed by atoms with Crippen LogP contribution in [0, 0.1) is 5.92 Å². The van der Waals surface area contributed by atoms with Crippen LogP contribution < -0.4 is 10.9 Å². The third-order valence-corrected chi connectivity index (χ3v) is 5.33. The van der Waals surface area contributed by atoms with E-state index in [1.807, 2.05) is 30.3 Å². The van der Waals surface area contributed by atoms with Crippen molar-refractivity contribution >= 4 is 17.6 Å². The van der Waals surface area contributed by atoms with Gasteiger partial charge in [0.2, 0.25) is 0 Å². The number of carbonyl (C=O) groups is 1. The van der Waals surface area contributed by atoms with Crippen LogP contribution >= 0.6 is 11.6 Å². The third kappa shape index (κ3) is 4.59. The number of nitrogens with one attached hydrogen (secondary N) is 2. The second-order valence-corrected chi connectivity index (χ2v) is 7.11. The predicted octanol–water partition coefficient (Wildman–Crippen LogP) is 2.35. The Morgan fingerprint density at radius 3 is 2.63 bits per heavy atom. The summed E-state index contributed by atoms with van der Waals surface area (Å²) in [4.78, 5) is 12.0. The molecule has 27 heavy (non-hydrogen) atoms. The number of phenols is 1. The van der Waals surface area contributed by atoms with Crippen molar-refractivity contribution in [1.29, 1.82) is 0 Å². The summed E-state index contributed by atoms with van der Waals surface area (Å²) in [6.07, 6.45) is -0.0755. The summed E-state index contributed by atoms with van der Waals surface area (Å²) < 4.78 is 4.86. The van der Waals surface area contributed by atoms with Crippen LogP contribution in [-0.4, -0.2) is 35.6 Å². The molecular formula is C20H23ClN2O4. The molecule has 6 nitrogen and oxygen atoms in total. The van der Waals surface area contributed by atoms with Crippen molar-refractivity contribution in [3.63, 3.8) is 0 Å². The fourth-order valence-electron chi connectivity index (χ4n) is 3.65. The number of hydrazine groups is 1. The second-order valence-electron chi connectivity index (χ2n) is 6.70. The number of hydrogen-bond acceptors (Lipinski definition) is 6. The number of aliphatic hydroxyl groups excluding tert-OH is 1. The van der Waals surface area contributed by atoms with Crippen molar-refractivity contribution in [3.05, 3.63) is 64.7 Å². The van der Waals surface area contributed by atoms with Crippen LogP contribution in [-0.2, 0) is 16.0 Å². The van der Waals surface area contributed by atoms with Gasteiger partial charge in [-0.05, 0) is 29.7 Å². The van der Waals surface area contributed by atoms with Gasteiger partial charge in [0.25, 0.3) is 0 Å². The Balaban J connectivity index is 1.92. The summed E-state index contributed by atoms with van der Waals surface area (Å²) in [5, 5.41) is 20.5. The lowest BCUT2D eigenvalue weighted by atomic mass is 9.77. The number of aliphatic hydroxyl groups is 1. The van der Waals surface area contributed by atoms with Crippen LogP contribution in [0.3, 0.4) is 0 Å². The molecule has 0 radical (unpaired) electrons. The van der Waals surface area contributed by atoms with Crippen molar-refractivity contribution in [2.24, 2.45) is 5.92 Å². The van der Waals surface area contributed by atoms with Crippen LogP contribution in [0.25, 0.3) is 0 Å². The fourth-order valence-corrected chi connectivity index (χ4v) is 3.84. The lowest BCUT2D eigenvalue weighted by molar-refractivity contribution is -0.141. The van der Waals surface area contributed by atoms with E-state index in [4.69, 9.17) is 16.3 Å². The molecule has 1 saturated heterocycles. The minimum atomic E-state index is -0.846. The van der Waals surface area contributed by atoms with E-state index < -0.39 is 6.23 Å². The molecule has 2 aromatic rings. The van der Waals surface area contributed by atoms with E-state index in [0.717, 1.165) is 11.1 Å². The van der Waals surface area contributed by atoms with Crippen molar-refractivity contribution in [2.75, 3.05) is 7.11 Å². The van der Waals surface area contributed by atoms with Crippen LogP contribution in [0.4, 0.5) is 0 Å². The summed E-state index contributed by atoms with van der Waals surface area (Å²) in [7, 11) is 1.34. The molecule has 0 aromatic heterocycles. The number of hydrogen-bond donors (Lipinski definition) is 4. The first-order valence-corrected chi connectivity index (χ1v) is 9.15. The maximum Gasteiger partial charge on any atom is 0.306 e. The number of ether oxygens (including phenoxy) is 1. The van der Waals surface area contributed by atoms with Gasteiger partial charge in [0.1, 0.15) is 12.0 Å². The first kappa shape index (κ1) is 19.6. The van der Waals surface area contributed by atoms with Crippen molar-refractivity contribution in [2.45, 2.75) is 31.0 Å². The molecule has 1 heterocycles. The standard InChI is InChI=1S/C20H23ClN2O4/c1-27-18(25)11-14(13-7-8-17(24)15(21)10-13)19-16(22-23-20(19)26)9-12-5-3-2-4-6-12/h2-8,10,14,16,19-20,22-24,26H,9,11H2,1H3. The second kappa shape index (κ2) is 8.71. The monoisotopic (exact) mass is 390 g/mol. The Hall–Kier alpha value is -2.12. The molecule has 1 fully saturated rings. The number of carbonyl (C=O) groups excluding carboxylic acids is 1. The van der Waals surface area contributed by atoms with E-state index in [-0.39, 0.29) is 41.0 Å². The maximum absolute atomic E-state index is 12.0. The lowest BCUT2D eigenvalue weighted by Crippen LogP contribution is -2.36. The highest BCUT2D eigenvalue weighted by Gasteiger charge is 2.41. The molecule has 4 unspecified atom stereocenters. The van der Waals surface area contributed by atoms with Gasteiger partial charge in [-0.1, -0.05) is 48.0 Å². The highest BCUT2D eigenvalue weighted by atomic mass is 35.5. The van der Waals surface area contributed by atoms with E-state index in [1.165, 1.54) is 13.2 Å². The number of rotatable bonds is 6. The highest BCUT2D eigenvalue weighted by molar-refractivity contribution is 6.32. The van der Waals surface area contributed by atoms with Gasteiger partial charge in [0, 0.05) is 17.9 Å². The number of phenolic OH excluding ortho intramolecular Hbond substituents is 1. The molecule has 0 aliphatic carbocycles. The summed E-state index contributed by atoms with van der Waals surface area (Å²) in [5.74, 6) is -1.05. The molecule has 3 rings (SSSR count). The topological polar surface area (TPSA) is 90.8 Å². The number of methoxy groups -OCH3 is 1. The van der Waals surface area contributed by atoms with Gasteiger partial charge in [-0.3, -0.25) is 10.2 Å². The van der Waals surface area contributed by atoms with Crippen molar-refractivity contribution in [3.8, 4) is 5.75 Å². The molecule has 0 bridgehead atoms. The molecule has 0 saturated carbocycles. The molecule has 0 spiro atoms. The molecule has 1 aliphatic rings. The number of halogens is 1. The van der Waals surface area contributed by atoms with E-state index >= 15 is 0 Å². The van der Waals surface area contributed by atoms with Gasteiger partial charge < -0.3 is 14.9 Å². The average Bonchev–Trinajstić information content (AvgIpc) is 3.02. The quantitative estimate of drug-likeness (QED) is 0.566. The molecular weight excluding hydrogens is 368 g/mol. The molecule has 144 valence electrons. The third-order valence-electron chi connectivity index (χ3n) is 5.02. The van der Waals surface area contributed by atoms with E-state index in [0.29, 0.717) is 6.42 Å². The number of benzene rings is 2. The van der Waals surface area contributed by atoms with Crippen LogP contribution in [0.15, 0.2) is 48.5 Å². The maximum atomic E-state index is 12.0. The zero-order valence-corrected chi connectivity index (χ0v) is 15.7. The number of aromatic hydroxyl groups is 1. The largest absolute Gasteiger partial charge is 0.506 e. The van der Waals surface area contributed by atoms with E-state index in [9.17, 15) is 15.0 Å². The SMILES string of the molecule is COC(=O)CC(c1ccc(O)c(Cl)c1)C1C(O)NNC1Cc1ccccc1. The molecule has 0 amide bonds. The first-order valence-electron chi connectivity index (χ1n) is 8.78. The minimum absolute atomic E-state index is 0.0266. The molecule has 2 aromatic carbocycles. The van der Waals surface area contributed by atoms with Crippen molar-refractivity contribution in [1.82, 2.24) is 10.9 Å². The fraction of sp³-hybridized carbons (Fsp3) is 0.350. The summed E-state index contributed by atoms with van der Waals surface area (Å²) >= 11 is 6.08. The van der Waals surface area contributed by atoms with Crippen LogP contribution in [0.5, 0.6) is 5.75 Å². The Morgan fingerprint density at radius 2 is 1.96 bits per heavy atom. The van der Waals surface area contributed by atoms with Gasteiger partial charge >= 0.3 is 5.97 Å². The van der Waals surface area contributed by atoms with Crippen molar-refractivity contribution < 1.29 is 19.7 Å². The van der Waals surface area contributed by atoms with E-state index in [2.05, 4.69) is 10.9 Å². The molecule has 7 heteroatoms. The van der Waals surface area contributed by atoms with E-state index in [1.54, 1.807) is 12.1 Å². The Bertz CT molecular complexity index is 787. The number of esters is 1. The van der Waals surface area contributed by atoms with Gasteiger partial charge in [0.05, 0.1) is 18.6 Å². The lowest BCUT2D eigenvalue weighted by Gasteiger charge is -2.29. The zero-order valence-electron chi connectivity index (χ0n) is 14.9. The molecule has 4 N–H and O–H groups in total. The Kier molecular flexibility index (Phi) is 6.34. The zero-order chi connectivity index (χ0) is 19.4. The average molecular weight is 391 g/mol. The summed E-state index contributed by atoms with van der Waals surface area (Å²) in [5.41, 5.74) is 7.90. The van der Waals surface area contributed by atoms with Gasteiger partial charge in [-0.2, -0.15) is 0 Å². The Morgan fingerprint density at radius 1 is 1.22 bits per heavy atom. The highest BCUT2D eigenvalue weighted by Crippen LogP contribution is 2.38. The normalized spacial score (nSPS) is 23.1. The predicted molar refractivity (Wildman–Crippen MR) is 102 cm³/mol. The molecule has 4 atom stereocenters. The smallest absolute Gasteiger partial charge is 0.306 e. The summed E-state index contributed by atoms with van der Waals surface area (Å²) in [6.45, 7) is 0. The minimum Gasteiger partial charge on any atom is -0.506 e. The Labute approximate surface area is 163 Å².